The summed E-state index contributed by atoms with van der Waals surface area (Å²) in [6.07, 6.45) is 6.74. The van der Waals surface area contributed by atoms with Crippen LogP contribution in [0.5, 0.6) is 0 Å². The zero-order valence-electron chi connectivity index (χ0n) is 12.3. The normalized spacial score (nSPS) is 22.4. The van der Waals surface area contributed by atoms with Gasteiger partial charge in [0.15, 0.2) is 0 Å². The van der Waals surface area contributed by atoms with Crippen molar-refractivity contribution in [2.24, 2.45) is 0 Å². The molecule has 0 amide bonds. The smallest absolute Gasteiger partial charge is 0.0934 e. The Morgan fingerprint density at radius 3 is 3.19 bits per heavy atom. The average molecular weight is 349 g/mol. The van der Waals surface area contributed by atoms with Crippen molar-refractivity contribution in [2.45, 2.75) is 44.8 Å². The molecular weight excluding hydrogens is 328 g/mol. The molecule has 0 bridgehead atoms. The SMILES string of the molecule is CCCC1CC(Nc2cccc3cc(Br)cnc23)CCO1. The fourth-order valence-electron chi connectivity index (χ4n) is 3.00. The van der Waals surface area contributed by atoms with E-state index in [1.165, 1.54) is 6.42 Å². The Balaban J connectivity index is 1.78. The Morgan fingerprint density at radius 1 is 1.43 bits per heavy atom. The maximum Gasteiger partial charge on any atom is 0.0934 e. The monoisotopic (exact) mass is 348 g/mol. The van der Waals surface area contributed by atoms with Crippen LogP contribution in [-0.4, -0.2) is 23.7 Å². The Morgan fingerprint density at radius 2 is 2.33 bits per heavy atom. The molecule has 2 heterocycles. The lowest BCUT2D eigenvalue weighted by Gasteiger charge is -2.30. The van der Waals surface area contributed by atoms with E-state index in [1.54, 1.807) is 0 Å². The minimum atomic E-state index is 0.401. The number of fused-ring (bicyclic) bond motifs is 1. The number of para-hydroxylation sites is 1. The van der Waals surface area contributed by atoms with Crippen LogP contribution in [0.25, 0.3) is 10.9 Å². The molecule has 1 saturated heterocycles. The molecule has 2 unspecified atom stereocenters. The summed E-state index contributed by atoms with van der Waals surface area (Å²) in [6.45, 7) is 3.07. The van der Waals surface area contributed by atoms with Gasteiger partial charge in [0.05, 0.1) is 17.3 Å². The van der Waals surface area contributed by atoms with E-state index in [0.717, 1.165) is 46.9 Å². The molecule has 21 heavy (non-hydrogen) atoms. The third-order valence-electron chi connectivity index (χ3n) is 4.02. The van der Waals surface area contributed by atoms with Crippen molar-refractivity contribution in [1.82, 2.24) is 4.98 Å². The van der Waals surface area contributed by atoms with E-state index in [-0.39, 0.29) is 0 Å². The first-order chi connectivity index (χ1) is 10.3. The van der Waals surface area contributed by atoms with Gasteiger partial charge in [-0.25, -0.2) is 0 Å². The Bertz CT molecular complexity index is 615. The van der Waals surface area contributed by atoms with Crippen LogP contribution in [0, 0.1) is 0 Å². The number of hydrogen-bond donors (Lipinski definition) is 1. The molecule has 2 aromatic rings. The first-order valence-corrected chi connectivity index (χ1v) is 8.48. The van der Waals surface area contributed by atoms with Crippen LogP contribution in [-0.2, 0) is 4.74 Å². The number of halogens is 1. The molecule has 112 valence electrons. The van der Waals surface area contributed by atoms with E-state index in [9.17, 15) is 0 Å². The van der Waals surface area contributed by atoms with Crippen molar-refractivity contribution in [1.29, 1.82) is 0 Å². The van der Waals surface area contributed by atoms with Gasteiger partial charge >= 0.3 is 0 Å². The summed E-state index contributed by atoms with van der Waals surface area (Å²) >= 11 is 3.48. The Labute approximate surface area is 134 Å². The number of aromatic nitrogens is 1. The molecule has 0 saturated carbocycles. The first-order valence-electron chi connectivity index (χ1n) is 7.68. The molecule has 0 aliphatic carbocycles. The predicted octanol–water partition coefficient (Wildman–Crippen LogP) is 4.76. The second-order valence-corrected chi connectivity index (χ2v) is 6.59. The van der Waals surface area contributed by atoms with Crippen LogP contribution in [0.4, 0.5) is 5.69 Å². The van der Waals surface area contributed by atoms with E-state index < -0.39 is 0 Å². The van der Waals surface area contributed by atoms with Gasteiger partial charge in [-0.05, 0) is 47.3 Å². The van der Waals surface area contributed by atoms with E-state index in [1.807, 2.05) is 6.20 Å². The van der Waals surface area contributed by atoms with Crippen LogP contribution in [0.2, 0.25) is 0 Å². The van der Waals surface area contributed by atoms with E-state index in [4.69, 9.17) is 4.74 Å². The summed E-state index contributed by atoms with van der Waals surface area (Å²) in [5, 5.41) is 4.83. The quantitative estimate of drug-likeness (QED) is 0.864. The highest BCUT2D eigenvalue weighted by molar-refractivity contribution is 9.10. The third kappa shape index (κ3) is 3.55. The summed E-state index contributed by atoms with van der Waals surface area (Å²) in [5.74, 6) is 0. The van der Waals surface area contributed by atoms with Crippen LogP contribution >= 0.6 is 15.9 Å². The van der Waals surface area contributed by atoms with Crippen LogP contribution < -0.4 is 5.32 Å². The highest BCUT2D eigenvalue weighted by Crippen LogP contribution is 2.27. The number of rotatable bonds is 4. The van der Waals surface area contributed by atoms with E-state index in [2.05, 4.69) is 57.4 Å². The van der Waals surface area contributed by atoms with Crippen molar-refractivity contribution in [3.8, 4) is 0 Å². The molecule has 1 aliphatic heterocycles. The number of anilines is 1. The van der Waals surface area contributed by atoms with Crippen LogP contribution in [0.1, 0.15) is 32.6 Å². The summed E-state index contributed by atoms with van der Waals surface area (Å²) in [5.41, 5.74) is 2.17. The third-order valence-corrected chi connectivity index (χ3v) is 4.45. The van der Waals surface area contributed by atoms with Crippen molar-refractivity contribution in [3.05, 3.63) is 34.9 Å². The second-order valence-electron chi connectivity index (χ2n) is 5.68. The first kappa shape index (κ1) is 14.8. The van der Waals surface area contributed by atoms with Crippen molar-refractivity contribution in [2.75, 3.05) is 11.9 Å². The molecule has 3 nitrogen and oxygen atoms in total. The van der Waals surface area contributed by atoms with Gasteiger partial charge in [0.1, 0.15) is 0 Å². The van der Waals surface area contributed by atoms with Gasteiger partial charge in [0.25, 0.3) is 0 Å². The second kappa shape index (κ2) is 6.75. The standard InChI is InChI=1S/C17H21BrN2O/c1-2-4-15-10-14(7-8-21-15)20-16-6-3-5-12-9-13(18)11-19-17(12)16/h3,5-6,9,11,14-15,20H,2,4,7-8,10H2,1H3. The van der Waals surface area contributed by atoms with Crippen molar-refractivity contribution in [3.63, 3.8) is 0 Å². The molecule has 1 aliphatic rings. The number of ether oxygens (including phenoxy) is 1. The molecule has 4 heteroatoms. The van der Waals surface area contributed by atoms with Crippen LogP contribution in [0.3, 0.4) is 0 Å². The highest BCUT2D eigenvalue weighted by atomic mass is 79.9. The average Bonchev–Trinajstić information content (AvgIpc) is 2.48. The Hall–Kier alpha value is -1.13. The molecule has 1 N–H and O–H groups in total. The molecular formula is C17H21BrN2O. The predicted molar refractivity (Wildman–Crippen MR) is 90.7 cm³/mol. The van der Waals surface area contributed by atoms with Crippen LogP contribution in [0.15, 0.2) is 34.9 Å². The lowest BCUT2D eigenvalue weighted by atomic mass is 9.99. The summed E-state index contributed by atoms with van der Waals surface area (Å²) in [7, 11) is 0. The fraction of sp³-hybridized carbons (Fsp3) is 0.471. The van der Waals surface area contributed by atoms with Gasteiger partial charge in [-0.2, -0.15) is 0 Å². The van der Waals surface area contributed by atoms with E-state index in [0.29, 0.717) is 12.1 Å². The number of hydrogen-bond acceptors (Lipinski definition) is 3. The minimum absolute atomic E-state index is 0.401. The number of nitrogens with zero attached hydrogens (tertiary/aromatic N) is 1. The fourth-order valence-corrected chi connectivity index (χ4v) is 3.35. The van der Waals surface area contributed by atoms with Crippen molar-refractivity contribution >= 4 is 32.5 Å². The molecule has 2 atom stereocenters. The lowest BCUT2D eigenvalue weighted by Crippen LogP contribution is -2.34. The largest absolute Gasteiger partial charge is 0.380 e. The van der Waals surface area contributed by atoms with Crippen molar-refractivity contribution < 1.29 is 4.74 Å². The van der Waals surface area contributed by atoms with Gasteiger partial charge in [-0.3, -0.25) is 4.98 Å². The highest BCUT2D eigenvalue weighted by Gasteiger charge is 2.22. The molecule has 0 radical (unpaired) electrons. The minimum Gasteiger partial charge on any atom is -0.380 e. The molecule has 3 rings (SSSR count). The zero-order valence-corrected chi connectivity index (χ0v) is 13.9. The molecule has 1 fully saturated rings. The van der Waals surface area contributed by atoms with Gasteiger partial charge in [0.2, 0.25) is 0 Å². The zero-order chi connectivity index (χ0) is 14.7. The molecule has 1 aromatic heterocycles. The lowest BCUT2D eigenvalue weighted by molar-refractivity contribution is 0.00599. The van der Waals surface area contributed by atoms with Gasteiger partial charge < -0.3 is 10.1 Å². The molecule has 1 aromatic carbocycles. The maximum absolute atomic E-state index is 5.83. The Kier molecular flexibility index (Phi) is 4.76. The molecule has 0 spiro atoms. The van der Waals surface area contributed by atoms with E-state index >= 15 is 0 Å². The topological polar surface area (TPSA) is 34.2 Å². The number of pyridine rings is 1. The summed E-state index contributed by atoms with van der Waals surface area (Å²) < 4.78 is 6.84. The number of benzene rings is 1. The number of nitrogens with one attached hydrogen (secondary N) is 1. The van der Waals surface area contributed by atoms with Gasteiger partial charge in [0, 0.05) is 28.7 Å². The summed E-state index contributed by atoms with van der Waals surface area (Å²) in [4.78, 5) is 4.56. The van der Waals surface area contributed by atoms with Gasteiger partial charge in [-0.15, -0.1) is 0 Å². The van der Waals surface area contributed by atoms with Gasteiger partial charge in [-0.1, -0.05) is 25.5 Å². The maximum atomic E-state index is 5.83. The summed E-state index contributed by atoms with van der Waals surface area (Å²) in [6, 6.07) is 8.89.